The lowest BCUT2D eigenvalue weighted by Gasteiger charge is -2.22. The average Bonchev–Trinajstić information content (AvgIpc) is 3.22. The van der Waals surface area contributed by atoms with Gasteiger partial charge in [0.05, 0.1) is 18.8 Å². The molecule has 1 N–H and O–H groups in total. The summed E-state index contributed by atoms with van der Waals surface area (Å²) in [6.07, 6.45) is 6.24. The molecule has 1 fully saturated rings. The van der Waals surface area contributed by atoms with Gasteiger partial charge >= 0.3 is 6.09 Å². The van der Waals surface area contributed by atoms with E-state index in [1.807, 2.05) is 39.0 Å². The highest BCUT2D eigenvalue weighted by atomic mass is 16.7. The summed E-state index contributed by atoms with van der Waals surface area (Å²) in [4.78, 5) is 16.2. The summed E-state index contributed by atoms with van der Waals surface area (Å²) in [5, 5.41) is 6.93. The number of ether oxygens (including phenoxy) is 3. The van der Waals surface area contributed by atoms with Gasteiger partial charge in [0, 0.05) is 18.6 Å². The van der Waals surface area contributed by atoms with Crippen LogP contribution in [0.1, 0.15) is 57.6 Å². The van der Waals surface area contributed by atoms with E-state index in [2.05, 4.69) is 27.2 Å². The molecule has 2 aromatic rings. The molecule has 0 aliphatic carbocycles. The Labute approximate surface area is 183 Å². The molecule has 0 spiro atoms. The maximum absolute atomic E-state index is 12.2. The fourth-order valence-corrected chi connectivity index (χ4v) is 3.06. The third kappa shape index (κ3) is 8.04. The van der Waals surface area contributed by atoms with Gasteiger partial charge in [0.1, 0.15) is 18.3 Å². The van der Waals surface area contributed by atoms with Crippen molar-refractivity contribution in [1.82, 2.24) is 14.8 Å². The van der Waals surface area contributed by atoms with Crippen LogP contribution in [0.4, 0.5) is 10.5 Å². The van der Waals surface area contributed by atoms with Crippen LogP contribution in [-0.2, 0) is 20.8 Å². The molecule has 1 amide bonds. The molecule has 0 radical (unpaired) electrons. The van der Waals surface area contributed by atoms with Crippen LogP contribution in [0, 0.1) is 11.8 Å². The van der Waals surface area contributed by atoms with E-state index in [-0.39, 0.29) is 6.29 Å². The zero-order valence-corrected chi connectivity index (χ0v) is 18.4. The van der Waals surface area contributed by atoms with E-state index in [0.717, 1.165) is 31.4 Å². The summed E-state index contributed by atoms with van der Waals surface area (Å²) in [5.74, 6) is 6.28. The van der Waals surface area contributed by atoms with E-state index in [9.17, 15) is 4.79 Å². The molecule has 8 nitrogen and oxygen atoms in total. The minimum Gasteiger partial charge on any atom is -0.444 e. The first-order chi connectivity index (χ1) is 14.9. The largest absolute Gasteiger partial charge is 0.444 e. The molecule has 1 aromatic carbocycles. The number of amides is 1. The summed E-state index contributed by atoms with van der Waals surface area (Å²) >= 11 is 0. The van der Waals surface area contributed by atoms with Gasteiger partial charge < -0.3 is 14.2 Å². The summed E-state index contributed by atoms with van der Waals surface area (Å²) < 4.78 is 18.4. The van der Waals surface area contributed by atoms with E-state index in [1.54, 1.807) is 11.0 Å². The highest BCUT2D eigenvalue weighted by Crippen LogP contribution is 2.19. The van der Waals surface area contributed by atoms with Gasteiger partial charge in [-0.15, -0.1) is 0 Å². The van der Waals surface area contributed by atoms with Crippen LogP contribution in [0.5, 0.6) is 0 Å². The minimum atomic E-state index is -0.582. The predicted molar refractivity (Wildman–Crippen MR) is 116 cm³/mol. The van der Waals surface area contributed by atoms with Gasteiger partial charge in [0.15, 0.2) is 6.29 Å². The van der Waals surface area contributed by atoms with Crippen LogP contribution in [-0.4, -0.2) is 46.0 Å². The number of rotatable bonds is 6. The number of carbonyl (C=O) groups excluding carboxylic acids is 1. The molecule has 8 heteroatoms. The van der Waals surface area contributed by atoms with Crippen molar-refractivity contribution in [3.05, 3.63) is 42.0 Å². The molecule has 0 saturated carbocycles. The SMILES string of the molecule is CC(C)(C)OC(=O)Nc1ccc(Cn2cncn2)cc1C#CCCO[C@@H]1CCCCO1. The van der Waals surface area contributed by atoms with E-state index < -0.39 is 11.7 Å². The van der Waals surface area contributed by atoms with Crippen molar-refractivity contribution in [1.29, 1.82) is 0 Å². The Hall–Kier alpha value is -2.89. The van der Waals surface area contributed by atoms with E-state index >= 15 is 0 Å². The number of aromatic nitrogens is 3. The second-order valence-electron chi connectivity index (χ2n) is 8.32. The van der Waals surface area contributed by atoms with Crippen LogP contribution in [0.2, 0.25) is 0 Å². The first-order valence-corrected chi connectivity index (χ1v) is 10.6. The van der Waals surface area contributed by atoms with E-state index in [0.29, 0.717) is 30.8 Å². The zero-order valence-electron chi connectivity index (χ0n) is 18.4. The second kappa shape index (κ2) is 10.9. The Balaban J connectivity index is 1.67. The highest BCUT2D eigenvalue weighted by molar-refractivity contribution is 5.87. The molecule has 0 bridgehead atoms. The van der Waals surface area contributed by atoms with Crippen molar-refractivity contribution >= 4 is 11.8 Å². The maximum atomic E-state index is 12.2. The molecule has 3 rings (SSSR count). The van der Waals surface area contributed by atoms with Gasteiger partial charge in [0.2, 0.25) is 0 Å². The minimum absolute atomic E-state index is 0.119. The van der Waals surface area contributed by atoms with Gasteiger partial charge in [-0.25, -0.2) is 14.5 Å². The van der Waals surface area contributed by atoms with Crippen molar-refractivity contribution in [3.63, 3.8) is 0 Å². The van der Waals surface area contributed by atoms with Crippen LogP contribution >= 0.6 is 0 Å². The molecule has 1 saturated heterocycles. The third-order valence-electron chi connectivity index (χ3n) is 4.42. The van der Waals surface area contributed by atoms with Crippen LogP contribution in [0.3, 0.4) is 0 Å². The van der Waals surface area contributed by atoms with Crippen molar-refractivity contribution in [2.45, 2.75) is 64.9 Å². The van der Waals surface area contributed by atoms with Crippen molar-refractivity contribution in [2.24, 2.45) is 0 Å². The number of carbonyl (C=O) groups is 1. The smallest absolute Gasteiger partial charge is 0.412 e. The van der Waals surface area contributed by atoms with Crippen LogP contribution in [0.15, 0.2) is 30.9 Å². The second-order valence-corrected chi connectivity index (χ2v) is 8.32. The normalized spacial score (nSPS) is 16.3. The Morgan fingerprint density at radius 1 is 1.35 bits per heavy atom. The number of hydrogen-bond acceptors (Lipinski definition) is 6. The van der Waals surface area contributed by atoms with Crippen LogP contribution in [0.25, 0.3) is 0 Å². The van der Waals surface area contributed by atoms with E-state index in [4.69, 9.17) is 14.2 Å². The molecule has 0 unspecified atom stereocenters. The zero-order chi connectivity index (χ0) is 22.1. The first-order valence-electron chi connectivity index (χ1n) is 10.6. The quantitative estimate of drug-likeness (QED) is 0.556. The lowest BCUT2D eigenvalue weighted by Crippen LogP contribution is -2.27. The van der Waals surface area contributed by atoms with Gasteiger partial charge in [-0.3, -0.25) is 5.32 Å². The summed E-state index contributed by atoms with van der Waals surface area (Å²) in [6, 6.07) is 5.68. The highest BCUT2D eigenvalue weighted by Gasteiger charge is 2.17. The fraction of sp³-hybridized carbons (Fsp3) is 0.522. The van der Waals surface area contributed by atoms with E-state index in [1.165, 1.54) is 6.33 Å². The Morgan fingerprint density at radius 2 is 2.23 bits per heavy atom. The first kappa shape index (κ1) is 22.8. The number of hydrogen-bond donors (Lipinski definition) is 1. The fourth-order valence-electron chi connectivity index (χ4n) is 3.06. The summed E-state index contributed by atoms with van der Waals surface area (Å²) in [5.41, 5.74) is 1.72. The van der Waals surface area contributed by atoms with Gasteiger partial charge in [-0.1, -0.05) is 17.9 Å². The Morgan fingerprint density at radius 3 is 2.94 bits per heavy atom. The van der Waals surface area contributed by atoms with Crippen molar-refractivity contribution < 1.29 is 19.0 Å². The number of benzene rings is 1. The molecular formula is C23H30N4O4. The molecule has 166 valence electrons. The predicted octanol–water partition coefficient (Wildman–Crippen LogP) is 3.96. The Kier molecular flexibility index (Phi) is 8.04. The van der Waals surface area contributed by atoms with Crippen molar-refractivity contribution in [2.75, 3.05) is 18.5 Å². The monoisotopic (exact) mass is 426 g/mol. The van der Waals surface area contributed by atoms with Gasteiger partial charge in [-0.2, -0.15) is 5.10 Å². The number of anilines is 1. The number of nitrogens with one attached hydrogen (secondary N) is 1. The molecule has 31 heavy (non-hydrogen) atoms. The topological polar surface area (TPSA) is 87.5 Å². The van der Waals surface area contributed by atoms with Gasteiger partial charge in [0.25, 0.3) is 0 Å². The summed E-state index contributed by atoms with van der Waals surface area (Å²) in [6.45, 7) is 7.29. The summed E-state index contributed by atoms with van der Waals surface area (Å²) in [7, 11) is 0. The average molecular weight is 427 g/mol. The molecule has 1 aliphatic heterocycles. The molecule has 1 aromatic heterocycles. The number of nitrogens with zero attached hydrogens (tertiary/aromatic N) is 3. The molecular weight excluding hydrogens is 396 g/mol. The lowest BCUT2D eigenvalue weighted by molar-refractivity contribution is -0.161. The van der Waals surface area contributed by atoms with Gasteiger partial charge in [-0.05, 0) is 57.7 Å². The van der Waals surface area contributed by atoms with Crippen LogP contribution < -0.4 is 5.32 Å². The Bertz CT molecular complexity index is 904. The maximum Gasteiger partial charge on any atom is 0.412 e. The lowest BCUT2D eigenvalue weighted by atomic mass is 10.1. The standard InChI is InChI=1S/C23H30N4O4/c1-23(2,3)31-22(28)26-20-11-10-18(15-27-17-24-16-25-27)14-19(20)8-4-6-12-29-21-9-5-7-13-30-21/h10-11,14,16-17,21H,5-7,9,12-13,15H2,1-3H3,(H,26,28)/t21-/m0/s1. The molecule has 2 heterocycles. The third-order valence-corrected chi connectivity index (χ3v) is 4.42. The van der Waals surface area contributed by atoms with Crippen molar-refractivity contribution in [3.8, 4) is 11.8 Å². The molecule has 1 aliphatic rings. The molecule has 1 atom stereocenters.